The Morgan fingerprint density at radius 3 is 2.52 bits per heavy atom. The minimum absolute atomic E-state index is 0.141. The molecule has 31 heavy (non-hydrogen) atoms. The molecule has 0 bridgehead atoms. The van der Waals surface area contributed by atoms with Gasteiger partial charge in [0.2, 0.25) is 0 Å². The van der Waals surface area contributed by atoms with Crippen LogP contribution >= 0.6 is 0 Å². The van der Waals surface area contributed by atoms with Crippen molar-refractivity contribution in [3.8, 4) is 0 Å². The number of aliphatic hydroxyl groups is 3. The molecular weight excluding hydrogens is 384 g/mol. The van der Waals surface area contributed by atoms with Gasteiger partial charge >= 0.3 is 0 Å². The molecule has 3 aliphatic carbocycles. The lowest BCUT2D eigenvalue weighted by Gasteiger charge is -2.44. The Morgan fingerprint density at radius 2 is 1.84 bits per heavy atom. The van der Waals surface area contributed by atoms with E-state index >= 15 is 0 Å². The van der Waals surface area contributed by atoms with E-state index in [1.54, 1.807) is 0 Å². The van der Waals surface area contributed by atoms with Crippen LogP contribution in [-0.4, -0.2) is 33.1 Å². The number of allylic oxidation sites excluding steroid dienone is 4. The Balaban J connectivity index is 1.76. The van der Waals surface area contributed by atoms with Gasteiger partial charge in [0.15, 0.2) is 0 Å². The van der Waals surface area contributed by atoms with E-state index in [2.05, 4.69) is 51.7 Å². The van der Waals surface area contributed by atoms with Crippen molar-refractivity contribution >= 4 is 0 Å². The molecule has 0 aliphatic heterocycles. The second-order valence-corrected chi connectivity index (χ2v) is 11.4. The first-order chi connectivity index (χ1) is 14.4. The van der Waals surface area contributed by atoms with Crippen molar-refractivity contribution in [3.63, 3.8) is 0 Å². The van der Waals surface area contributed by atoms with Gasteiger partial charge in [-0.2, -0.15) is 0 Å². The number of fused-ring (bicyclic) bond motifs is 1. The summed E-state index contributed by atoms with van der Waals surface area (Å²) in [6, 6.07) is 0. The highest BCUT2D eigenvalue weighted by atomic mass is 16.3. The standard InChI is InChI=1S/C28H44O3/c1-18(9-10-19(2)27(4,5)31)24-13-14-25-21(8-7-15-28(24,25)6)11-12-22-16-23(29)17-26(30)20(22)3/h9-12,18-19,23-26,29-31H,3,7-8,13-17H2,1-2,4-6H3/b10-9?,21-11+,22-12-/t18-,19+,23-,24-,25+,26+,28-/m1/s1. The normalized spacial score (nSPS) is 39.3. The Bertz CT molecular complexity index is 753. The van der Waals surface area contributed by atoms with Crippen molar-refractivity contribution in [1.29, 1.82) is 0 Å². The molecule has 0 heterocycles. The van der Waals surface area contributed by atoms with E-state index in [1.165, 1.54) is 31.3 Å². The molecule has 3 nitrogen and oxygen atoms in total. The lowest BCUT2D eigenvalue weighted by atomic mass is 9.61. The van der Waals surface area contributed by atoms with Crippen LogP contribution in [0.1, 0.15) is 79.6 Å². The van der Waals surface area contributed by atoms with E-state index in [4.69, 9.17) is 0 Å². The smallest absolute Gasteiger partial charge is 0.0811 e. The van der Waals surface area contributed by atoms with Crippen molar-refractivity contribution in [1.82, 2.24) is 0 Å². The molecule has 3 aliphatic rings. The molecule has 3 rings (SSSR count). The maximum atomic E-state index is 10.3. The molecule has 0 saturated heterocycles. The first kappa shape index (κ1) is 24.5. The van der Waals surface area contributed by atoms with Crippen LogP contribution in [0.25, 0.3) is 0 Å². The van der Waals surface area contributed by atoms with Crippen LogP contribution in [0.5, 0.6) is 0 Å². The molecular formula is C28H44O3. The molecule has 0 radical (unpaired) electrons. The zero-order valence-corrected chi connectivity index (χ0v) is 20.3. The lowest BCUT2D eigenvalue weighted by Crippen LogP contribution is -2.35. The van der Waals surface area contributed by atoms with Crippen molar-refractivity contribution in [2.24, 2.45) is 29.1 Å². The average molecular weight is 429 g/mol. The van der Waals surface area contributed by atoms with Crippen molar-refractivity contribution in [2.75, 3.05) is 0 Å². The molecule has 7 atom stereocenters. The van der Waals surface area contributed by atoms with Gasteiger partial charge in [-0.05, 0) is 86.7 Å². The van der Waals surface area contributed by atoms with Gasteiger partial charge in [0.05, 0.1) is 17.8 Å². The maximum absolute atomic E-state index is 10.3. The minimum Gasteiger partial charge on any atom is -0.393 e. The second kappa shape index (κ2) is 9.37. The summed E-state index contributed by atoms with van der Waals surface area (Å²) < 4.78 is 0. The topological polar surface area (TPSA) is 60.7 Å². The van der Waals surface area contributed by atoms with Gasteiger partial charge in [0.1, 0.15) is 0 Å². The zero-order valence-electron chi connectivity index (χ0n) is 20.3. The van der Waals surface area contributed by atoms with Crippen LogP contribution in [0, 0.1) is 29.1 Å². The fourth-order valence-corrected chi connectivity index (χ4v) is 6.32. The number of rotatable bonds is 5. The van der Waals surface area contributed by atoms with Crippen molar-refractivity contribution in [2.45, 2.75) is 97.4 Å². The predicted molar refractivity (Wildman–Crippen MR) is 128 cm³/mol. The summed E-state index contributed by atoms with van der Waals surface area (Å²) in [6.45, 7) is 14.7. The van der Waals surface area contributed by atoms with E-state index in [1.807, 2.05) is 13.8 Å². The van der Waals surface area contributed by atoms with E-state index < -0.39 is 17.8 Å². The van der Waals surface area contributed by atoms with Gasteiger partial charge in [-0.15, -0.1) is 0 Å². The SMILES string of the molecule is C=C1/C(=C\C=C2/CCC[C@]3(C)[C@@H]([C@H](C)C=C[C@H](C)C(C)(C)O)CC[C@@H]23)C[C@@H](O)C[C@@H]1O. The van der Waals surface area contributed by atoms with Crippen LogP contribution in [-0.2, 0) is 0 Å². The number of hydrogen-bond acceptors (Lipinski definition) is 3. The quantitative estimate of drug-likeness (QED) is 0.490. The molecule has 0 amide bonds. The molecule has 0 aromatic carbocycles. The van der Waals surface area contributed by atoms with Gasteiger partial charge in [-0.25, -0.2) is 0 Å². The summed E-state index contributed by atoms with van der Waals surface area (Å²) in [5.74, 6) is 1.91. The summed E-state index contributed by atoms with van der Waals surface area (Å²) in [4.78, 5) is 0. The fraction of sp³-hybridized carbons (Fsp3) is 0.714. The summed E-state index contributed by atoms with van der Waals surface area (Å²) in [5.41, 5.74) is 2.93. The Hall–Kier alpha value is -1.16. The van der Waals surface area contributed by atoms with E-state index in [0.717, 1.165) is 17.6 Å². The van der Waals surface area contributed by atoms with E-state index in [9.17, 15) is 15.3 Å². The van der Waals surface area contributed by atoms with Gasteiger partial charge in [0.25, 0.3) is 0 Å². The van der Waals surface area contributed by atoms with Crippen LogP contribution in [0.3, 0.4) is 0 Å². The lowest BCUT2D eigenvalue weighted by molar-refractivity contribution is 0.0436. The van der Waals surface area contributed by atoms with Gasteiger partial charge < -0.3 is 15.3 Å². The molecule has 0 spiro atoms. The van der Waals surface area contributed by atoms with Gasteiger partial charge in [-0.1, -0.05) is 57.2 Å². The highest BCUT2D eigenvalue weighted by Gasteiger charge is 2.50. The van der Waals surface area contributed by atoms with Crippen LogP contribution < -0.4 is 0 Å². The Labute approximate surface area is 189 Å². The fourth-order valence-electron chi connectivity index (χ4n) is 6.32. The summed E-state index contributed by atoms with van der Waals surface area (Å²) in [6.07, 6.45) is 15.0. The summed E-state index contributed by atoms with van der Waals surface area (Å²) >= 11 is 0. The second-order valence-electron chi connectivity index (χ2n) is 11.4. The van der Waals surface area contributed by atoms with E-state index in [-0.39, 0.29) is 5.92 Å². The molecule has 3 fully saturated rings. The summed E-state index contributed by atoms with van der Waals surface area (Å²) in [5, 5.41) is 30.4. The van der Waals surface area contributed by atoms with Crippen LogP contribution in [0.4, 0.5) is 0 Å². The van der Waals surface area contributed by atoms with E-state index in [0.29, 0.717) is 36.0 Å². The van der Waals surface area contributed by atoms with Crippen molar-refractivity contribution in [3.05, 3.63) is 47.6 Å². The largest absolute Gasteiger partial charge is 0.393 e. The molecule has 0 aromatic heterocycles. The third-order valence-electron chi connectivity index (χ3n) is 8.75. The molecule has 3 heteroatoms. The first-order valence-electron chi connectivity index (χ1n) is 12.3. The average Bonchev–Trinajstić information content (AvgIpc) is 3.04. The van der Waals surface area contributed by atoms with Gasteiger partial charge in [0, 0.05) is 12.3 Å². The Kier molecular flexibility index (Phi) is 7.40. The molecule has 3 saturated carbocycles. The highest BCUT2D eigenvalue weighted by Crippen LogP contribution is 2.59. The monoisotopic (exact) mass is 428 g/mol. The first-order valence-corrected chi connectivity index (χ1v) is 12.3. The maximum Gasteiger partial charge on any atom is 0.0811 e. The third kappa shape index (κ3) is 5.26. The summed E-state index contributed by atoms with van der Waals surface area (Å²) in [7, 11) is 0. The minimum atomic E-state index is -0.684. The third-order valence-corrected chi connectivity index (χ3v) is 8.75. The number of hydrogen-bond donors (Lipinski definition) is 3. The number of aliphatic hydroxyl groups excluding tert-OH is 2. The highest BCUT2D eigenvalue weighted by molar-refractivity contribution is 5.38. The van der Waals surface area contributed by atoms with Crippen LogP contribution in [0.15, 0.2) is 47.6 Å². The predicted octanol–water partition coefficient (Wildman–Crippen LogP) is 5.73. The molecule has 174 valence electrons. The molecule has 0 aromatic rings. The van der Waals surface area contributed by atoms with Crippen LogP contribution in [0.2, 0.25) is 0 Å². The van der Waals surface area contributed by atoms with Gasteiger partial charge in [-0.3, -0.25) is 0 Å². The zero-order chi connectivity index (χ0) is 23.0. The Morgan fingerprint density at radius 1 is 1.13 bits per heavy atom. The molecule has 3 N–H and O–H groups in total. The van der Waals surface area contributed by atoms with Crippen molar-refractivity contribution < 1.29 is 15.3 Å². The molecule has 0 unspecified atom stereocenters.